The number of hydrogen-bond acceptors (Lipinski definition) is 5. The van der Waals surface area contributed by atoms with Gasteiger partial charge in [0, 0.05) is 6.61 Å². The molecule has 0 heterocycles. The molecule has 0 fully saturated rings. The first-order chi connectivity index (χ1) is 6.41. The quantitative estimate of drug-likeness (QED) is 0.360. The van der Waals surface area contributed by atoms with Crippen LogP contribution in [-0.2, 0) is 10.4 Å². The molecule has 0 radical (unpaired) electrons. The first-order valence-electron chi connectivity index (χ1n) is 4.72. The summed E-state index contributed by atoms with van der Waals surface area (Å²) >= 11 is 0. The summed E-state index contributed by atoms with van der Waals surface area (Å²) in [7, 11) is -4.67. The molecule has 0 aliphatic heterocycles. The molecule has 0 saturated carbocycles. The summed E-state index contributed by atoms with van der Waals surface area (Å²) in [5.41, 5.74) is 0. The molecule has 0 aliphatic carbocycles. The minimum absolute atomic E-state index is 0. The SMILES string of the molecule is CCCCCCCCO.N.N.O=S(=O)(O)O. The fourth-order valence-corrected chi connectivity index (χ4v) is 0.892. The van der Waals surface area contributed by atoms with E-state index < -0.39 is 10.4 Å². The van der Waals surface area contributed by atoms with Crippen LogP contribution < -0.4 is 12.3 Å². The molecule has 0 aromatic rings. The van der Waals surface area contributed by atoms with Gasteiger partial charge in [0.25, 0.3) is 0 Å². The van der Waals surface area contributed by atoms with Gasteiger partial charge in [-0.05, 0) is 6.42 Å². The van der Waals surface area contributed by atoms with Crippen LogP contribution in [0.4, 0.5) is 0 Å². The van der Waals surface area contributed by atoms with Crippen LogP contribution in [0.25, 0.3) is 0 Å². The van der Waals surface area contributed by atoms with Crippen molar-refractivity contribution >= 4 is 10.4 Å². The van der Waals surface area contributed by atoms with Gasteiger partial charge in [-0.25, -0.2) is 0 Å². The lowest BCUT2D eigenvalue weighted by atomic mass is 10.1. The molecule has 0 atom stereocenters. The summed E-state index contributed by atoms with van der Waals surface area (Å²) in [6, 6.07) is 0. The molecule has 0 rings (SSSR count). The Hall–Kier alpha value is -0.250. The van der Waals surface area contributed by atoms with Gasteiger partial charge in [-0.3, -0.25) is 9.11 Å². The third kappa shape index (κ3) is 67.6. The monoisotopic (exact) mass is 262 g/mol. The van der Waals surface area contributed by atoms with Crippen LogP contribution in [0.1, 0.15) is 45.4 Å². The molecule has 0 aliphatic rings. The smallest absolute Gasteiger partial charge is 0.394 e. The van der Waals surface area contributed by atoms with Crippen molar-refractivity contribution in [3.63, 3.8) is 0 Å². The fraction of sp³-hybridized carbons (Fsp3) is 1.00. The van der Waals surface area contributed by atoms with E-state index >= 15 is 0 Å². The Morgan fingerprint density at radius 3 is 1.50 bits per heavy atom. The largest absolute Gasteiger partial charge is 0.396 e. The summed E-state index contributed by atoms with van der Waals surface area (Å²) < 4.78 is 31.6. The molecule has 0 spiro atoms. The second kappa shape index (κ2) is 17.2. The molecule has 0 bridgehead atoms. The van der Waals surface area contributed by atoms with Gasteiger partial charge in [0.1, 0.15) is 0 Å². The third-order valence-electron chi connectivity index (χ3n) is 1.51. The number of unbranched alkanes of at least 4 members (excludes halogenated alkanes) is 5. The van der Waals surface area contributed by atoms with E-state index in [1.54, 1.807) is 0 Å². The summed E-state index contributed by atoms with van der Waals surface area (Å²) in [6.07, 6.45) is 7.50. The van der Waals surface area contributed by atoms with Crippen LogP contribution >= 0.6 is 0 Å². The Labute approximate surface area is 98.0 Å². The molecule has 104 valence electrons. The van der Waals surface area contributed by atoms with Crippen molar-refractivity contribution < 1.29 is 22.6 Å². The van der Waals surface area contributed by atoms with E-state index in [4.69, 9.17) is 22.6 Å². The van der Waals surface area contributed by atoms with Crippen molar-refractivity contribution in [3.05, 3.63) is 0 Å². The second-order valence-corrected chi connectivity index (χ2v) is 3.83. The van der Waals surface area contributed by atoms with Gasteiger partial charge in [0.15, 0.2) is 0 Å². The maximum Gasteiger partial charge on any atom is 0.394 e. The van der Waals surface area contributed by atoms with Gasteiger partial charge in [-0.2, -0.15) is 8.42 Å². The fourth-order valence-electron chi connectivity index (χ4n) is 0.892. The lowest BCUT2D eigenvalue weighted by Gasteiger charge is -1.95. The third-order valence-corrected chi connectivity index (χ3v) is 1.51. The second-order valence-electron chi connectivity index (χ2n) is 2.94. The molecule has 0 saturated heterocycles. The lowest BCUT2D eigenvalue weighted by Crippen LogP contribution is -1.89. The maximum absolute atomic E-state index is 8.74. The lowest BCUT2D eigenvalue weighted by molar-refractivity contribution is 0.282. The van der Waals surface area contributed by atoms with Crippen molar-refractivity contribution in [1.29, 1.82) is 0 Å². The molecule has 8 heteroatoms. The Morgan fingerprint density at radius 2 is 1.19 bits per heavy atom. The molecule has 0 aromatic carbocycles. The van der Waals surface area contributed by atoms with Crippen LogP contribution in [0.2, 0.25) is 0 Å². The number of aliphatic hydroxyl groups excluding tert-OH is 1. The Bertz CT molecular complexity index is 183. The van der Waals surface area contributed by atoms with E-state index in [-0.39, 0.29) is 12.3 Å². The van der Waals surface area contributed by atoms with Gasteiger partial charge in [0.05, 0.1) is 0 Å². The topological polar surface area (TPSA) is 165 Å². The highest BCUT2D eigenvalue weighted by atomic mass is 32.3. The zero-order chi connectivity index (χ0) is 11.4. The van der Waals surface area contributed by atoms with Crippen molar-refractivity contribution in [3.8, 4) is 0 Å². The van der Waals surface area contributed by atoms with Crippen LogP contribution in [0, 0.1) is 0 Å². The highest BCUT2D eigenvalue weighted by Crippen LogP contribution is 2.03. The molecule has 0 amide bonds. The normalized spacial score (nSPS) is 9.25. The van der Waals surface area contributed by atoms with Crippen molar-refractivity contribution in [2.75, 3.05) is 6.61 Å². The van der Waals surface area contributed by atoms with Crippen molar-refractivity contribution in [2.45, 2.75) is 45.4 Å². The van der Waals surface area contributed by atoms with E-state index in [9.17, 15) is 0 Å². The number of aliphatic hydroxyl groups is 1. The molecule has 16 heavy (non-hydrogen) atoms. The number of hydrogen-bond donors (Lipinski definition) is 5. The predicted octanol–water partition coefficient (Wildman–Crippen LogP) is 2.01. The zero-order valence-corrected chi connectivity index (χ0v) is 10.7. The van der Waals surface area contributed by atoms with E-state index in [2.05, 4.69) is 6.92 Å². The van der Waals surface area contributed by atoms with E-state index in [0.29, 0.717) is 6.61 Å². The Kier molecular flexibility index (Phi) is 26.6. The molecular formula is C8H26N2O5S. The molecule has 0 aromatic heterocycles. The summed E-state index contributed by atoms with van der Waals surface area (Å²) in [5, 5.41) is 8.42. The van der Waals surface area contributed by atoms with Gasteiger partial charge < -0.3 is 17.4 Å². The molecular weight excluding hydrogens is 236 g/mol. The Balaban J connectivity index is -0.0000000904. The summed E-state index contributed by atoms with van der Waals surface area (Å²) in [4.78, 5) is 0. The van der Waals surface area contributed by atoms with Crippen molar-refractivity contribution in [2.24, 2.45) is 0 Å². The average molecular weight is 262 g/mol. The average Bonchev–Trinajstić information content (AvgIpc) is 2.01. The predicted molar refractivity (Wildman–Crippen MR) is 64.7 cm³/mol. The van der Waals surface area contributed by atoms with Crippen LogP contribution in [0.15, 0.2) is 0 Å². The zero-order valence-electron chi connectivity index (χ0n) is 9.93. The first kappa shape index (κ1) is 24.8. The maximum atomic E-state index is 8.74. The molecule has 9 N–H and O–H groups in total. The van der Waals surface area contributed by atoms with E-state index in [1.807, 2.05) is 0 Å². The summed E-state index contributed by atoms with van der Waals surface area (Å²) in [6.45, 7) is 2.58. The first-order valence-corrected chi connectivity index (χ1v) is 6.12. The van der Waals surface area contributed by atoms with Gasteiger partial charge in [-0.1, -0.05) is 39.0 Å². The van der Waals surface area contributed by atoms with E-state index in [1.165, 1.54) is 32.1 Å². The van der Waals surface area contributed by atoms with Crippen LogP contribution in [-0.4, -0.2) is 29.2 Å². The van der Waals surface area contributed by atoms with Crippen LogP contribution in [0.5, 0.6) is 0 Å². The van der Waals surface area contributed by atoms with Gasteiger partial charge >= 0.3 is 10.4 Å². The minimum Gasteiger partial charge on any atom is -0.396 e. The number of rotatable bonds is 6. The Morgan fingerprint density at radius 1 is 0.875 bits per heavy atom. The molecule has 7 nitrogen and oxygen atoms in total. The highest BCUT2D eigenvalue weighted by Gasteiger charge is 1.86. The van der Waals surface area contributed by atoms with Crippen LogP contribution in [0.3, 0.4) is 0 Å². The van der Waals surface area contributed by atoms with E-state index in [0.717, 1.165) is 6.42 Å². The highest BCUT2D eigenvalue weighted by molar-refractivity contribution is 7.79. The van der Waals surface area contributed by atoms with Gasteiger partial charge in [-0.15, -0.1) is 0 Å². The molecule has 0 unspecified atom stereocenters. The van der Waals surface area contributed by atoms with Crippen molar-refractivity contribution in [1.82, 2.24) is 12.3 Å². The van der Waals surface area contributed by atoms with Gasteiger partial charge in [0.2, 0.25) is 0 Å². The summed E-state index contributed by atoms with van der Waals surface area (Å²) in [5.74, 6) is 0. The minimum atomic E-state index is -4.67. The standard InChI is InChI=1S/C8H18O.2H3N.H2O4S/c1-2-3-4-5-6-7-8-9;;;1-5(2,3)4/h9H,2-8H2,1H3;2*1H3;(H2,1,2,3,4).